The van der Waals surface area contributed by atoms with E-state index in [1.807, 2.05) is 6.07 Å². The molecule has 1 aliphatic heterocycles. The third-order valence-corrected chi connectivity index (χ3v) is 4.67. The van der Waals surface area contributed by atoms with Crippen LogP contribution >= 0.6 is 0 Å². The van der Waals surface area contributed by atoms with Crippen LogP contribution < -0.4 is 45.4 Å². The smallest absolute Gasteiger partial charge is 0.545 e. The first-order chi connectivity index (χ1) is 13.6. The quantitative estimate of drug-likeness (QED) is 0.481. The second-order valence-electron chi connectivity index (χ2n) is 8.16. The van der Waals surface area contributed by atoms with Crippen LogP contribution in [-0.4, -0.2) is 28.8 Å². The molecule has 0 radical (unpaired) electrons. The fourth-order valence-electron chi connectivity index (χ4n) is 3.42. The molecule has 156 valence electrons. The number of nitrogens with zero attached hydrogens (tertiary/aromatic N) is 1. The van der Waals surface area contributed by atoms with E-state index in [2.05, 4.69) is 5.32 Å². The third kappa shape index (κ3) is 5.43. The van der Waals surface area contributed by atoms with Crippen LogP contribution in [0.3, 0.4) is 0 Å². The minimum Gasteiger partial charge on any atom is -0.545 e. The molecule has 0 bridgehead atoms. The number of carbonyl (C=O) groups is 2. The van der Waals surface area contributed by atoms with Gasteiger partial charge in [0.1, 0.15) is 11.8 Å². The minimum absolute atomic E-state index is 0. The Bertz CT molecular complexity index is 1020. The first-order valence-corrected chi connectivity index (χ1v) is 9.57. The fraction of sp³-hybridized carbons (Fsp3) is 0.476. The van der Waals surface area contributed by atoms with Crippen LogP contribution in [0, 0.1) is 0 Å². The summed E-state index contributed by atoms with van der Waals surface area (Å²) < 4.78 is 12.6. The number of aromatic nitrogens is 1. The van der Waals surface area contributed by atoms with Crippen LogP contribution in [0.25, 0.3) is 10.9 Å². The number of aryl methyl sites for hydroxylation is 1. The van der Waals surface area contributed by atoms with E-state index in [9.17, 15) is 19.5 Å². The number of hydrogen-bond donors (Lipinski definition) is 1. The van der Waals surface area contributed by atoms with Crippen LogP contribution in [-0.2, 0) is 22.5 Å². The molecule has 1 aromatic carbocycles. The normalized spacial score (nSPS) is 15.4. The predicted octanol–water partition coefficient (Wildman–Crippen LogP) is -1.12. The van der Waals surface area contributed by atoms with E-state index in [1.165, 1.54) is 6.20 Å². The van der Waals surface area contributed by atoms with Crippen molar-refractivity contribution in [3.63, 3.8) is 0 Å². The van der Waals surface area contributed by atoms with Crippen molar-refractivity contribution in [3.8, 4) is 0 Å². The SMILES string of the molecule is CC1OCc2cc(CCCNC(=O)OC(C)(C)C)cc3c(=O)c(C(=O)[O-])cn1c23.[Na+]. The largest absolute Gasteiger partial charge is 1.00 e. The van der Waals surface area contributed by atoms with Gasteiger partial charge in [0.15, 0.2) is 5.43 Å². The molecule has 0 saturated heterocycles. The molecule has 1 aromatic heterocycles. The number of carboxylic acid groups (broad SMARTS) is 1. The molecule has 9 heteroatoms. The molecule has 0 spiro atoms. The molecule has 1 atom stereocenters. The van der Waals surface area contributed by atoms with Gasteiger partial charge in [-0.25, -0.2) is 4.79 Å². The van der Waals surface area contributed by atoms with Gasteiger partial charge in [-0.3, -0.25) is 4.79 Å². The maximum absolute atomic E-state index is 12.7. The number of amides is 1. The second-order valence-corrected chi connectivity index (χ2v) is 8.16. The number of pyridine rings is 1. The first kappa shape index (κ1) is 24.4. The van der Waals surface area contributed by atoms with Crippen molar-refractivity contribution in [3.05, 3.63) is 45.2 Å². The summed E-state index contributed by atoms with van der Waals surface area (Å²) in [5, 5.41) is 14.4. The maximum atomic E-state index is 12.7. The van der Waals surface area contributed by atoms with Crippen molar-refractivity contribution in [1.82, 2.24) is 9.88 Å². The zero-order valence-electron chi connectivity index (χ0n) is 18.0. The van der Waals surface area contributed by atoms with Crippen molar-refractivity contribution in [1.29, 1.82) is 0 Å². The van der Waals surface area contributed by atoms with Gasteiger partial charge >= 0.3 is 35.7 Å². The number of rotatable bonds is 5. The number of carbonyl (C=O) groups excluding carboxylic acids is 2. The van der Waals surface area contributed by atoms with E-state index in [0.29, 0.717) is 36.9 Å². The van der Waals surface area contributed by atoms with E-state index in [0.717, 1.165) is 11.1 Å². The number of alkyl carbamates (subject to hydrolysis) is 1. The van der Waals surface area contributed by atoms with Gasteiger partial charge in [-0.15, -0.1) is 0 Å². The predicted molar refractivity (Wildman–Crippen MR) is 105 cm³/mol. The topological polar surface area (TPSA) is 110 Å². The molecular formula is C21H25N2NaO6. The molecule has 1 amide bonds. The Labute approximate surface area is 196 Å². The molecule has 1 aliphatic rings. The van der Waals surface area contributed by atoms with E-state index in [4.69, 9.17) is 9.47 Å². The summed E-state index contributed by atoms with van der Waals surface area (Å²) in [5.41, 5.74) is 0.895. The summed E-state index contributed by atoms with van der Waals surface area (Å²) in [6, 6.07) is 3.67. The zero-order valence-corrected chi connectivity index (χ0v) is 20.0. The average Bonchev–Trinajstić information content (AvgIpc) is 2.61. The summed E-state index contributed by atoms with van der Waals surface area (Å²) in [5.74, 6) is -1.51. The van der Waals surface area contributed by atoms with E-state index < -0.39 is 23.1 Å². The Kier molecular flexibility index (Phi) is 7.74. The van der Waals surface area contributed by atoms with Crippen LogP contribution in [0.2, 0.25) is 0 Å². The number of benzene rings is 1. The van der Waals surface area contributed by atoms with E-state index in [-0.39, 0.29) is 41.3 Å². The van der Waals surface area contributed by atoms with E-state index >= 15 is 0 Å². The number of aromatic carboxylic acids is 1. The second kappa shape index (κ2) is 9.51. The van der Waals surface area contributed by atoms with E-state index in [1.54, 1.807) is 38.3 Å². The van der Waals surface area contributed by atoms with Gasteiger partial charge in [0.25, 0.3) is 0 Å². The van der Waals surface area contributed by atoms with Crippen LogP contribution in [0.15, 0.2) is 23.1 Å². The molecule has 1 N–H and O–H groups in total. The number of ether oxygens (including phenoxy) is 2. The van der Waals surface area contributed by atoms with Crippen LogP contribution in [0.4, 0.5) is 4.79 Å². The van der Waals surface area contributed by atoms with Crippen LogP contribution in [0.5, 0.6) is 0 Å². The Morgan fingerprint density at radius 3 is 2.67 bits per heavy atom. The Hall–Kier alpha value is -1.87. The van der Waals surface area contributed by atoms with Gasteiger partial charge in [0.05, 0.1) is 23.7 Å². The minimum atomic E-state index is -1.51. The number of hydrogen-bond acceptors (Lipinski definition) is 6. The fourth-order valence-corrected chi connectivity index (χ4v) is 3.42. The molecule has 2 aromatic rings. The van der Waals surface area contributed by atoms with Gasteiger partial charge in [0.2, 0.25) is 0 Å². The molecule has 8 nitrogen and oxygen atoms in total. The van der Waals surface area contributed by atoms with Crippen molar-refractivity contribution in [2.24, 2.45) is 0 Å². The molecule has 0 aliphatic carbocycles. The Morgan fingerprint density at radius 2 is 2.03 bits per heavy atom. The zero-order chi connectivity index (χ0) is 21.3. The van der Waals surface area contributed by atoms with Gasteiger partial charge in [-0.1, -0.05) is 6.07 Å². The molecule has 0 saturated carbocycles. The number of nitrogens with one attached hydrogen (secondary N) is 1. The maximum Gasteiger partial charge on any atom is 1.00 e. The van der Waals surface area contributed by atoms with Crippen LogP contribution in [0.1, 0.15) is 61.8 Å². The van der Waals surface area contributed by atoms with Crippen molar-refractivity contribution < 1.29 is 53.7 Å². The van der Waals surface area contributed by atoms with Crippen molar-refractivity contribution >= 4 is 23.0 Å². The monoisotopic (exact) mass is 424 g/mol. The van der Waals surface area contributed by atoms with Gasteiger partial charge < -0.3 is 29.3 Å². The third-order valence-electron chi connectivity index (χ3n) is 4.67. The van der Waals surface area contributed by atoms with Crippen molar-refractivity contribution in [2.45, 2.75) is 59.0 Å². The molecule has 3 rings (SSSR count). The molecule has 30 heavy (non-hydrogen) atoms. The summed E-state index contributed by atoms with van der Waals surface area (Å²) in [6.45, 7) is 7.94. The summed E-state index contributed by atoms with van der Waals surface area (Å²) in [4.78, 5) is 35.8. The Balaban J connectivity index is 0.00000320. The summed E-state index contributed by atoms with van der Waals surface area (Å²) in [7, 11) is 0. The Morgan fingerprint density at radius 1 is 1.33 bits per heavy atom. The molecule has 1 unspecified atom stereocenters. The van der Waals surface area contributed by atoms with Gasteiger partial charge in [-0.2, -0.15) is 0 Å². The average molecular weight is 424 g/mol. The number of carboxylic acids is 1. The standard InChI is InChI=1S/C21H26N2O6.Na/c1-12-23-10-16(19(25)26)18(24)15-9-13(8-14(11-28-12)17(15)23)6-5-7-22-20(27)29-21(2,3)4;/h8-10,12H,5-7,11H2,1-4H3,(H,22,27)(H,25,26);/q;+1/p-1. The van der Waals surface area contributed by atoms with Crippen molar-refractivity contribution in [2.75, 3.05) is 6.54 Å². The molecule has 0 fully saturated rings. The van der Waals surface area contributed by atoms with Gasteiger partial charge in [-0.05, 0) is 52.2 Å². The first-order valence-electron chi connectivity index (χ1n) is 9.57. The summed E-state index contributed by atoms with van der Waals surface area (Å²) in [6.07, 6.45) is 1.67. The summed E-state index contributed by atoms with van der Waals surface area (Å²) >= 11 is 0. The molecular weight excluding hydrogens is 399 g/mol. The molecule has 2 heterocycles. The van der Waals surface area contributed by atoms with Gasteiger partial charge in [0, 0.05) is 23.7 Å².